The summed E-state index contributed by atoms with van der Waals surface area (Å²) in [5.74, 6) is -3.44. The monoisotopic (exact) mass is 444 g/mol. The highest BCUT2D eigenvalue weighted by molar-refractivity contribution is 6.35. The van der Waals surface area contributed by atoms with E-state index in [9.17, 15) is 18.4 Å². The Kier molecular flexibility index (Phi) is 5.51. The molecule has 0 aliphatic rings. The molecule has 4 rings (SSSR count). The Bertz CT molecular complexity index is 1340. The smallest absolute Gasteiger partial charge is 0.343 e. The van der Waals surface area contributed by atoms with Crippen molar-refractivity contribution < 1.29 is 18.3 Å². The molecule has 0 N–H and O–H groups in total. The maximum atomic E-state index is 14.2. The van der Waals surface area contributed by atoms with Gasteiger partial charge in [0.1, 0.15) is 10.6 Å². The van der Waals surface area contributed by atoms with Crippen LogP contribution in [0.25, 0.3) is 16.6 Å². The van der Waals surface area contributed by atoms with Crippen molar-refractivity contribution >= 4 is 28.5 Å². The third-order valence-corrected chi connectivity index (χ3v) is 5.00. The van der Waals surface area contributed by atoms with Gasteiger partial charge in [0.2, 0.25) is 5.43 Å². The van der Waals surface area contributed by atoms with Crippen molar-refractivity contribution in [2.24, 2.45) is 0 Å². The highest BCUT2D eigenvalue weighted by Crippen LogP contribution is 2.29. The van der Waals surface area contributed by atoms with Crippen LogP contribution in [0.3, 0.4) is 0 Å². The molecule has 10 heteroatoms. The van der Waals surface area contributed by atoms with Gasteiger partial charge in [-0.3, -0.25) is 4.79 Å². The van der Waals surface area contributed by atoms with Crippen molar-refractivity contribution in [2.45, 2.75) is 13.5 Å². The molecule has 2 heterocycles. The molecule has 158 valence electrons. The number of esters is 1. The molecule has 0 aliphatic carbocycles. The van der Waals surface area contributed by atoms with Gasteiger partial charge < -0.3 is 9.30 Å². The third-order valence-electron chi connectivity index (χ3n) is 4.65. The summed E-state index contributed by atoms with van der Waals surface area (Å²) in [5.41, 5.74) is 0.207. The van der Waals surface area contributed by atoms with Gasteiger partial charge in [-0.2, -0.15) is 0 Å². The molecule has 4 aromatic rings. The SMILES string of the molecule is CCOC(=O)c1cn(-c2ccc(Cn3ccnn3)cc2)c2c(Cl)c(F)c(F)cc2c1=O. The predicted molar refractivity (Wildman–Crippen MR) is 110 cm³/mol. The topological polar surface area (TPSA) is 79.0 Å². The summed E-state index contributed by atoms with van der Waals surface area (Å²) in [5, 5.41) is 6.85. The second kappa shape index (κ2) is 8.27. The molecule has 31 heavy (non-hydrogen) atoms. The average Bonchev–Trinajstić information content (AvgIpc) is 3.26. The van der Waals surface area contributed by atoms with Gasteiger partial charge in [0, 0.05) is 18.1 Å². The molecular weight excluding hydrogens is 430 g/mol. The summed E-state index contributed by atoms with van der Waals surface area (Å²) in [6.45, 7) is 2.11. The Hall–Kier alpha value is -3.59. The van der Waals surface area contributed by atoms with Crippen LogP contribution in [0.15, 0.2) is 53.7 Å². The Morgan fingerprint density at radius 2 is 1.97 bits per heavy atom. The number of hydrogen-bond acceptors (Lipinski definition) is 5. The van der Waals surface area contributed by atoms with Crippen molar-refractivity contribution in [3.05, 3.63) is 86.9 Å². The molecule has 0 aliphatic heterocycles. The number of carbonyl (C=O) groups is 1. The summed E-state index contributed by atoms with van der Waals surface area (Å²) >= 11 is 6.07. The number of rotatable bonds is 5. The van der Waals surface area contributed by atoms with Crippen molar-refractivity contribution in [2.75, 3.05) is 6.61 Å². The van der Waals surface area contributed by atoms with E-state index in [0.29, 0.717) is 12.2 Å². The lowest BCUT2D eigenvalue weighted by molar-refractivity contribution is 0.0524. The first kappa shape index (κ1) is 20.7. The van der Waals surface area contributed by atoms with Crippen LogP contribution in [0.2, 0.25) is 5.02 Å². The fourth-order valence-corrected chi connectivity index (χ4v) is 3.50. The zero-order valence-corrected chi connectivity index (χ0v) is 16.9. The van der Waals surface area contributed by atoms with E-state index in [-0.39, 0.29) is 23.1 Å². The minimum absolute atomic E-state index is 0.0474. The zero-order valence-electron chi connectivity index (χ0n) is 16.2. The summed E-state index contributed by atoms with van der Waals surface area (Å²) in [6.07, 6.45) is 4.50. The van der Waals surface area contributed by atoms with Crippen molar-refractivity contribution in [3.63, 3.8) is 0 Å². The minimum atomic E-state index is -1.29. The number of aromatic nitrogens is 4. The molecule has 7 nitrogen and oxygen atoms in total. The normalized spacial score (nSPS) is 11.1. The molecule has 0 radical (unpaired) electrons. The quantitative estimate of drug-likeness (QED) is 0.346. The molecule has 0 atom stereocenters. The van der Waals surface area contributed by atoms with E-state index in [2.05, 4.69) is 10.3 Å². The predicted octanol–water partition coefficient (Wildman–Crippen LogP) is 3.74. The minimum Gasteiger partial charge on any atom is -0.462 e. The molecule has 0 bridgehead atoms. The molecule has 0 saturated heterocycles. The third kappa shape index (κ3) is 3.79. The van der Waals surface area contributed by atoms with E-state index >= 15 is 0 Å². The first-order chi connectivity index (χ1) is 14.9. The molecular formula is C21H15ClF2N4O3. The summed E-state index contributed by atoms with van der Waals surface area (Å²) in [4.78, 5) is 25.1. The highest BCUT2D eigenvalue weighted by atomic mass is 35.5. The first-order valence-corrected chi connectivity index (χ1v) is 9.62. The van der Waals surface area contributed by atoms with E-state index in [4.69, 9.17) is 16.3 Å². The summed E-state index contributed by atoms with van der Waals surface area (Å²) in [7, 11) is 0. The molecule has 0 fully saturated rings. The number of pyridine rings is 1. The van der Waals surface area contributed by atoms with Crippen LogP contribution in [-0.2, 0) is 11.3 Å². The first-order valence-electron chi connectivity index (χ1n) is 9.24. The van der Waals surface area contributed by atoms with Gasteiger partial charge in [-0.15, -0.1) is 5.10 Å². The van der Waals surface area contributed by atoms with E-state index in [1.54, 1.807) is 48.3 Å². The largest absolute Gasteiger partial charge is 0.462 e. The van der Waals surface area contributed by atoms with Crippen LogP contribution in [0, 0.1) is 11.6 Å². The van der Waals surface area contributed by atoms with Gasteiger partial charge in [-0.05, 0) is 30.7 Å². The molecule has 0 amide bonds. The van der Waals surface area contributed by atoms with E-state index in [1.807, 2.05) is 0 Å². The molecule has 0 spiro atoms. The Labute approximate surface area is 179 Å². The second-order valence-electron chi connectivity index (χ2n) is 6.61. The fraction of sp³-hybridized carbons (Fsp3) is 0.143. The number of ether oxygens (including phenoxy) is 1. The van der Waals surface area contributed by atoms with Crippen LogP contribution in [0.5, 0.6) is 0 Å². The number of carbonyl (C=O) groups excluding carboxylic acids is 1. The Morgan fingerprint density at radius 3 is 2.61 bits per heavy atom. The van der Waals surface area contributed by atoms with E-state index in [0.717, 1.165) is 11.6 Å². The maximum absolute atomic E-state index is 14.2. The van der Waals surface area contributed by atoms with E-state index < -0.39 is 28.1 Å². The lowest BCUT2D eigenvalue weighted by Crippen LogP contribution is -2.21. The van der Waals surface area contributed by atoms with Crippen LogP contribution in [-0.4, -0.2) is 32.1 Å². The fourth-order valence-electron chi connectivity index (χ4n) is 3.22. The lowest BCUT2D eigenvalue weighted by Gasteiger charge is -2.15. The maximum Gasteiger partial charge on any atom is 0.343 e. The number of benzene rings is 2. The van der Waals surface area contributed by atoms with Gasteiger partial charge in [-0.1, -0.05) is 28.9 Å². The Morgan fingerprint density at radius 1 is 1.23 bits per heavy atom. The molecule has 0 unspecified atom stereocenters. The van der Waals surface area contributed by atoms with E-state index in [1.165, 1.54) is 10.8 Å². The van der Waals surface area contributed by atoms with Crippen LogP contribution < -0.4 is 5.43 Å². The van der Waals surface area contributed by atoms with Crippen molar-refractivity contribution in [1.82, 2.24) is 19.6 Å². The molecule has 0 saturated carbocycles. The standard InChI is InChI=1S/C21H15ClF2N4O3/c1-2-31-21(30)15-11-28(19-14(20(15)29)9-16(23)18(24)17(19)22)13-5-3-12(4-6-13)10-27-8-7-25-26-27/h3-9,11H,2,10H2,1H3. The van der Waals surface area contributed by atoms with Crippen LogP contribution >= 0.6 is 11.6 Å². The van der Waals surface area contributed by atoms with Gasteiger partial charge in [-0.25, -0.2) is 18.3 Å². The lowest BCUT2D eigenvalue weighted by atomic mass is 10.1. The number of hydrogen-bond donors (Lipinski definition) is 0. The van der Waals surface area contributed by atoms with Crippen molar-refractivity contribution in [1.29, 1.82) is 0 Å². The summed E-state index contributed by atoms with van der Waals surface area (Å²) < 4.78 is 36.2. The van der Waals surface area contributed by atoms with Crippen molar-refractivity contribution in [3.8, 4) is 5.69 Å². The second-order valence-corrected chi connectivity index (χ2v) is 6.99. The molecule has 2 aromatic heterocycles. The van der Waals surface area contributed by atoms with Gasteiger partial charge in [0.25, 0.3) is 0 Å². The van der Waals surface area contributed by atoms with Gasteiger partial charge in [0.05, 0.1) is 30.3 Å². The van der Waals surface area contributed by atoms with Gasteiger partial charge >= 0.3 is 5.97 Å². The zero-order chi connectivity index (χ0) is 22.1. The number of nitrogens with zero attached hydrogens (tertiary/aromatic N) is 4. The number of halogens is 3. The Balaban J connectivity index is 1.91. The van der Waals surface area contributed by atoms with Crippen LogP contribution in [0.1, 0.15) is 22.8 Å². The highest BCUT2D eigenvalue weighted by Gasteiger charge is 2.22. The summed E-state index contributed by atoms with van der Waals surface area (Å²) in [6, 6.07) is 7.71. The van der Waals surface area contributed by atoms with Crippen LogP contribution in [0.4, 0.5) is 8.78 Å². The number of fused-ring (bicyclic) bond motifs is 1. The molecule has 2 aromatic carbocycles. The average molecular weight is 445 g/mol. The van der Waals surface area contributed by atoms with Gasteiger partial charge in [0.15, 0.2) is 11.6 Å².